The Balaban J connectivity index is 1.59. The second kappa shape index (κ2) is 6.30. The van der Waals surface area contributed by atoms with Crippen molar-refractivity contribution >= 4 is 5.91 Å². The number of nitrogens with one attached hydrogen (secondary N) is 1. The van der Waals surface area contributed by atoms with Crippen LogP contribution in [0, 0.1) is 0 Å². The summed E-state index contributed by atoms with van der Waals surface area (Å²) in [6.07, 6.45) is 9.02. The maximum atomic E-state index is 13.1. The number of methoxy groups -OCH3 is 1. The van der Waals surface area contributed by atoms with E-state index < -0.39 is 0 Å². The van der Waals surface area contributed by atoms with Gasteiger partial charge in [0.25, 0.3) is 5.91 Å². The van der Waals surface area contributed by atoms with Crippen molar-refractivity contribution in [3.63, 3.8) is 0 Å². The number of aryl methyl sites for hydroxylation is 2. The van der Waals surface area contributed by atoms with Crippen molar-refractivity contribution in [2.45, 2.75) is 38.0 Å². The van der Waals surface area contributed by atoms with Crippen molar-refractivity contribution in [1.29, 1.82) is 0 Å². The fraction of sp³-hybridized carbons (Fsp3) is 0.474. The Morgan fingerprint density at radius 3 is 2.88 bits per heavy atom. The smallest absolute Gasteiger partial charge is 0.257 e. The first-order chi connectivity index (χ1) is 11.8. The number of fused-ring (bicyclic) bond motifs is 1. The quantitative estimate of drug-likeness (QED) is 0.944. The summed E-state index contributed by atoms with van der Waals surface area (Å²) in [7, 11) is 1.65. The third kappa shape index (κ3) is 2.68. The monoisotopic (exact) mass is 325 g/mol. The van der Waals surface area contributed by atoms with Crippen LogP contribution in [0.15, 0.2) is 24.5 Å². The van der Waals surface area contributed by atoms with Crippen molar-refractivity contribution in [3.05, 3.63) is 47.0 Å². The number of piperidine rings is 1. The van der Waals surface area contributed by atoms with Crippen molar-refractivity contribution in [2.75, 3.05) is 20.2 Å². The van der Waals surface area contributed by atoms with Gasteiger partial charge < -0.3 is 14.6 Å². The molecule has 1 fully saturated rings. The van der Waals surface area contributed by atoms with E-state index in [9.17, 15) is 4.79 Å². The lowest BCUT2D eigenvalue weighted by Gasteiger charge is -2.32. The summed E-state index contributed by atoms with van der Waals surface area (Å²) in [5.74, 6) is 2.06. The Morgan fingerprint density at radius 1 is 1.29 bits per heavy atom. The third-order valence-electron chi connectivity index (χ3n) is 5.26. The van der Waals surface area contributed by atoms with E-state index >= 15 is 0 Å². The fourth-order valence-corrected chi connectivity index (χ4v) is 3.99. The molecule has 1 aromatic heterocycles. The van der Waals surface area contributed by atoms with E-state index in [1.165, 1.54) is 17.5 Å². The summed E-state index contributed by atoms with van der Waals surface area (Å²) in [4.78, 5) is 22.6. The van der Waals surface area contributed by atoms with Gasteiger partial charge in [-0.2, -0.15) is 0 Å². The molecule has 1 saturated heterocycles. The van der Waals surface area contributed by atoms with E-state index in [2.05, 4.69) is 22.1 Å². The average molecular weight is 325 g/mol. The SMILES string of the molecule is COc1cc2c(cc1C(=O)N1CCC[C@@H](c3ncc[nH]3)C1)CCC2. The second-order valence-electron chi connectivity index (χ2n) is 6.74. The number of carbonyl (C=O) groups is 1. The first-order valence-electron chi connectivity index (χ1n) is 8.74. The zero-order valence-electron chi connectivity index (χ0n) is 14.0. The summed E-state index contributed by atoms with van der Waals surface area (Å²) >= 11 is 0. The molecule has 1 amide bonds. The van der Waals surface area contributed by atoms with E-state index in [4.69, 9.17) is 4.74 Å². The maximum absolute atomic E-state index is 13.1. The van der Waals surface area contributed by atoms with Crippen molar-refractivity contribution in [1.82, 2.24) is 14.9 Å². The van der Waals surface area contributed by atoms with E-state index in [0.717, 1.165) is 38.1 Å². The number of ether oxygens (including phenoxy) is 1. The van der Waals surface area contributed by atoms with Gasteiger partial charge in [0.2, 0.25) is 0 Å². The van der Waals surface area contributed by atoms with Gasteiger partial charge in [0.1, 0.15) is 11.6 Å². The molecule has 1 aliphatic carbocycles. The molecule has 126 valence electrons. The van der Waals surface area contributed by atoms with Crippen LogP contribution in [-0.4, -0.2) is 41.0 Å². The summed E-state index contributed by atoms with van der Waals surface area (Å²) in [6.45, 7) is 1.52. The van der Waals surface area contributed by atoms with Gasteiger partial charge in [-0.1, -0.05) is 0 Å². The van der Waals surface area contributed by atoms with Crippen LogP contribution in [0.25, 0.3) is 0 Å². The number of aromatic amines is 1. The summed E-state index contributed by atoms with van der Waals surface area (Å²) in [5, 5.41) is 0. The van der Waals surface area contributed by atoms with Crippen molar-refractivity contribution < 1.29 is 9.53 Å². The highest BCUT2D eigenvalue weighted by Gasteiger charge is 2.29. The number of aromatic nitrogens is 2. The number of nitrogens with zero attached hydrogens (tertiary/aromatic N) is 2. The lowest BCUT2D eigenvalue weighted by atomic mass is 9.96. The van der Waals surface area contributed by atoms with Gasteiger partial charge in [0.15, 0.2) is 0 Å². The Labute approximate surface area is 142 Å². The van der Waals surface area contributed by atoms with Crippen LogP contribution < -0.4 is 4.74 Å². The highest BCUT2D eigenvalue weighted by molar-refractivity contribution is 5.97. The minimum absolute atomic E-state index is 0.0813. The molecule has 2 aliphatic rings. The predicted molar refractivity (Wildman–Crippen MR) is 91.5 cm³/mol. The molecule has 1 aliphatic heterocycles. The third-order valence-corrected chi connectivity index (χ3v) is 5.26. The molecule has 0 unspecified atom stereocenters. The fourth-order valence-electron chi connectivity index (χ4n) is 3.99. The van der Waals surface area contributed by atoms with Crippen molar-refractivity contribution in [2.24, 2.45) is 0 Å². The topological polar surface area (TPSA) is 58.2 Å². The van der Waals surface area contributed by atoms with Crippen LogP contribution in [0.1, 0.15) is 52.5 Å². The van der Waals surface area contributed by atoms with Crippen LogP contribution in [0.5, 0.6) is 5.75 Å². The van der Waals surface area contributed by atoms with E-state index in [1.807, 2.05) is 11.1 Å². The molecule has 0 spiro atoms. The molecule has 1 atom stereocenters. The molecule has 5 heteroatoms. The molecule has 0 saturated carbocycles. The number of benzene rings is 1. The minimum Gasteiger partial charge on any atom is -0.496 e. The van der Waals surface area contributed by atoms with E-state index in [0.29, 0.717) is 17.9 Å². The second-order valence-corrected chi connectivity index (χ2v) is 6.74. The number of amides is 1. The van der Waals surface area contributed by atoms with Gasteiger partial charge >= 0.3 is 0 Å². The van der Waals surface area contributed by atoms with Gasteiger partial charge in [-0.15, -0.1) is 0 Å². The zero-order valence-corrected chi connectivity index (χ0v) is 14.0. The molecule has 2 aromatic rings. The lowest BCUT2D eigenvalue weighted by Crippen LogP contribution is -2.39. The number of rotatable bonds is 3. The summed E-state index contributed by atoms with van der Waals surface area (Å²) in [6, 6.07) is 4.11. The molecule has 0 bridgehead atoms. The molecule has 2 heterocycles. The van der Waals surface area contributed by atoms with Gasteiger partial charge in [-0.3, -0.25) is 4.79 Å². The Hall–Kier alpha value is -2.30. The number of likely N-dealkylation sites (tertiary alicyclic amines) is 1. The normalized spacial score (nSPS) is 20.0. The number of carbonyl (C=O) groups excluding carboxylic acids is 1. The molecule has 1 aromatic carbocycles. The Kier molecular flexibility index (Phi) is 4.00. The van der Waals surface area contributed by atoms with Crippen LogP contribution >= 0.6 is 0 Å². The zero-order chi connectivity index (χ0) is 16.5. The predicted octanol–water partition coefficient (Wildman–Crippen LogP) is 2.93. The van der Waals surface area contributed by atoms with E-state index in [1.54, 1.807) is 13.3 Å². The summed E-state index contributed by atoms with van der Waals surface area (Å²) < 4.78 is 5.52. The molecule has 5 nitrogen and oxygen atoms in total. The molecule has 4 rings (SSSR count). The lowest BCUT2D eigenvalue weighted by molar-refractivity contribution is 0.0701. The Bertz CT molecular complexity index is 739. The Morgan fingerprint density at radius 2 is 2.12 bits per heavy atom. The molecular formula is C19H23N3O2. The van der Waals surface area contributed by atoms with Crippen LogP contribution in [0.4, 0.5) is 0 Å². The van der Waals surface area contributed by atoms with Crippen LogP contribution in [0.2, 0.25) is 0 Å². The number of hydrogen-bond acceptors (Lipinski definition) is 3. The first kappa shape index (κ1) is 15.2. The van der Waals surface area contributed by atoms with Crippen LogP contribution in [0.3, 0.4) is 0 Å². The highest BCUT2D eigenvalue weighted by Crippen LogP contribution is 2.32. The number of H-pyrrole nitrogens is 1. The van der Waals surface area contributed by atoms with Gasteiger partial charge in [0, 0.05) is 31.4 Å². The van der Waals surface area contributed by atoms with E-state index in [-0.39, 0.29) is 11.8 Å². The first-order valence-corrected chi connectivity index (χ1v) is 8.74. The largest absolute Gasteiger partial charge is 0.496 e. The van der Waals surface area contributed by atoms with Crippen LogP contribution in [-0.2, 0) is 12.8 Å². The molecule has 1 N–H and O–H groups in total. The number of hydrogen-bond donors (Lipinski definition) is 1. The molecule has 0 radical (unpaired) electrons. The average Bonchev–Trinajstić information content (AvgIpc) is 3.31. The maximum Gasteiger partial charge on any atom is 0.257 e. The molecule has 24 heavy (non-hydrogen) atoms. The molecular weight excluding hydrogens is 302 g/mol. The summed E-state index contributed by atoms with van der Waals surface area (Å²) in [5.41, 5.74) is 3.34. The standard InChI is InChI=1S/C19H23N3O2/c1-24-17-11-14-5-2-4-13(14)10-16(17)19(23)22-9-3-6-15(12-22)18-20-7-8-21-18/h7-8,10-11,15H,2-6,9,12H2,1H3,(H,20,21)/t15-/m1/s1. The highest BCUT2D eigenvalue weighted by atomic mass is 16.5. The number of imidazole rings is 1. The van der Waals surface area contributed by atoms with Gasteiger partial charge in [0.05, 0.1) is 12.7 Å². The van der Waals surface area contributed by atoms with Crippen molar-refractivity contribution in [3.8, 4) is 5.75 Å². The minimum atomic E-state index is 0.0813. The van der Waals surface area contributed by atoms with Gasteiger partial charge in [-0.25, -0.2) is 4.98 Å². The van der Waals surface area contributed by atoms with Gasteiger partial charge in [-0.05, 0) is 55.4 Å².